The molecule has 0 saturated heterocycles. The molecule has 0 aromatic heterocycles. The Morgan fingerprint density at radius 2 is 1.79 bits per heavy atom. The summed E-state index contributed by atoms with van der Waals surface area (Å²) in [4.78, 5) is 9.75. The van der Waals surface area contributed by atoms with Crippen molar-refractivity contribution < 1.29 is 21.8 Å². The van der Waals surface area contributed by atoms with Crippen molar-refractivity contribution in [2.75, 3.05) is 11.5 Å². The molecule has 1 rings (SSSR count). The molecule has 1 aromatic rings. The average Bonchev–Trinajstić information content (AvgIpc) is 2.25. The van der Waals surface area contributed by atoms with E-state index in [1.54, 1.807) is 0 Å². The zero-order valence-corrected chi connectivity index (χ0v) is 11.6. The molecule has 0 spiro atoms. The average molecular weight is 308 g/mol. The van der Waals surface area contributed by atoms with E-state index in [0.29, 0.717) is 0 Å². The number of sulfonamides is 1. The van der Waals surface area contributed by atoms with Crippen molar-refractivity contribution in [1.82, 2.24) is 0 Å². The lowest BCUT2D eigenvalue weighted by Gasteiger charge is -2.06. The van der Waals surface area contributed by atoms with E-state index in [4.69, 9.17) is 5.14 Å². The first-order chi connectivity index (χ1) is 8.53. The summed E-state index contributed by atoms with van der Waals surface area (Å²) in [5, 5.41) is 15.3. The van der Waals surface area contributed by atoms with Gasteiger partial charge in [-0.3, -0.25) is 10.1 Å². The molecule has 106 valence electrons. The van der Waals surface area contributed by atoms with Gasteiger partial charge >= 0.3 is 0 Å². The lowest BCUT2D eigenvalue weighted by Crippen LogP contribution is -2.23. The van der Waals surface area contributed by atoms with Crippen LogP contribution in [0.4, 0.5) is 5.69 Å². The highest BCUT2D eigenvalue weighted by Gasteiger charge is 2.21. The van der Waals surface area contributed by atoms with E-state index >= 15 is 0 Å². The Morgan fingerprint density at radius 1 is 1.21 bits per heavy atom. The third kappa shape index (κ3) is 4.26. The highest BCUT2D eigenvalue weighted by Crippen LogP contribution is 2.22. The second kappa shape index (κ2) is 5.23. The largest absolute Gasteiger partial charge is 0.269 e. The van der Waals surface area contributed by atoms with Gasteiger partial charge in [-0.1, -0.05) is 0 Å². The first-order valence-corrected chi connectivity index (χ1v) is 8.38. The molecule has 0 fully saturated rings. The van der Waals surface area contributed by atoms with Gasteiger partial charge in [0, 0.05) is 12.1 Å². The maximum Gasteiger partial charge on any atom is 0.269 e. The number of primary sulfonamides is 1. The molecule has 0 bridgehead atoms. The van der Waals surface area contributed by atoms with Crippen LogP contribution in [-0.4, -0.2) is 33.3 Å². The van der Waals surface area contributed by atoms with Crippen LogP contribution in [0.25, 0.3) is 0 Å². The summed E-state index contributed by atoms with van der Waals surface area (Å²) >= 11 is 0. The number of non-ortho nitro benzene ring substituents is 1. The van der Waals surface area contributed by atoms with Gasteiger partial charge in [-0.15, -0.1) is 0 Å². The minimum atomic E-state index is -3.89. The van der Waals surface area contributed by atoms with Gasteiger partial charge in [-0.25, -0.2) is 22.0 Å². The van der Waals surface area contributed by atoms with Crippen molar-refractivity contribution in [3.63, 3.8) is 0 Å². The van der Waals surface area contributed by atoms with E-state index in [1.165, 1.54) is 6.92 Å². The topological polar surface area (TPSA) is 137 Å². The molecule has 0 aliphatic carbocycles. The van der Waals surface area contributed by atoms with Crippen LogP contribution in [0.5, 0.6) is 0 Å². The summed E-state index contributed by atoms with van der Waals surface area (Å²) in [5.41, 5.74) is -0.0495. The number of nitrogens with zero attached hydrogens (tertiary/aromatic N) is 1. The third-order valence-corrected chi connectivity index (χ3v) is 5.24. The van der Waals surface area contributed by atoms with E-state index in [9.17, 15) is 26.9 Å². The van der Waals surface area contributed by atoms with Crippen molar-refractivity contribution in [3.05, 3.63) is 33.9 Å². The van der Waals surface area contributed by atoms with Crippen LogP contribution in [0.2, 0.25) is 0 Å². The van der Waals surface area contributed by atoms with Gasteiger partial charge in [-0.05, 0) is 18.6 Å². The lowest BCUT2D eigenvalue weighted by atomic mass is 10.2. The molecule has 10 heteroatoms. The number of nitrogens with two attached hydrogens (primary N) is 1. The van der Waals surface area contributed by atoms with Gasteiger partial charge in [0.25, 0.3) is 5.69 Å². The number of hydrogen-bond donors (Lipinski definition) is 1. The Kier molecular flexibility index (Phi) is 4.28. The zero-order chi connectivity index (χ0) is 14.8. The van der Waals surface area contributed by atoms with Crippen LogP contribution < -0.4 is 5.14 Å². The minimum absolute atomic E-state index is 0.137. The summed E-state index contributed by atoms with van der Waals surface area (Å²) in [6, 6.07) is 3.26. The van der Waals surface area contributed by atoms with Crippen LogP contribution in [-0.2, 0) is 19.9 Å². The molecular weight excluding hydrogens is 296 g/mol. The van der Waals surface area contributed by atoms with Gasteiger partial charge in [0.05, 0.1) is 21.3 Å². The number of nitro benzene ring substituents is 1. The number of benzene rings is 1. The molecule has 0 atom stereocenters. The summed E-state index contributed by atoms with van der Waals surface area (Å²) < 4.78 is 45.3. The van der Waals surface area contributed by atoms with Gasteiger partial charge < -0.3 is 0 Å². The molecule has 0 saturated carbocycles. The molecule has 19 heavy (non-hydrogen) atoms. The third-order valence-electron chi connectivity index (χ3n) is 2.34. The van der Waals surface area contributed by atoms with Crippen LogP contribution in [0.15, 0.2) is 23.1 Å². The maximum atomic E-state index is 11.9. The Balaban J connectivity index is 3.12. The number of hydrogen-bond acceptors (Lipinski definition) is 6. The van der Waals surface area contributed by atoms with Crippen molar-refractivity contribution in [2.45, 2.75) is 11.8 Å². The molecule has 1 aromatic carbocycles. The second-order valence-corrected chi connectivity index (χ2v) is 7.70. The van der Waals surface area contributed by atoms with Gasteiger partial charge in [-0.2, -0.15) is 0 Å². The van der Waals surface area contributed by atoms with Crippen molar-refractivity contribution in [1.29, 1.82) is 0 Å². The minimum Gasteiger partial charge on any atom is -0.258 e. The number of aryl methyl sites for hydroxylation is 1. The molecular formula is C9H12N2O6S2. The molecule has 0 radical (unpaired) electrons. The van der Waals surface area contributed by atoms with Gasteiger partial charge in [0.15, 0.2) is 9.84 Å². The monoisotopic (exact) mass is 308 g/mol. The summed E-state index contributed by atoms with van der Waals surface area (Å²) in [7, 11) is -7.74. The molecule has 2 N–H and O–H groups in total. The summed E-state index contributed by atoms with van der Waals surface area (Å²) in [5.74, 6) is -1.36. The molecule has 0 aliphatic heterocycles. The van der Waals surface area contributed by atoms with Crippen molar-refractivity contribution in [2.24, 2.45) is 5.14 Å². The fraction of sp³-hybridized carbons (Fsp3) is 0.333. The molecule has 0 amide bonds. The number of sulfone groups is 1. The molecule has 0 heterocycles. The summed E-state index contributed by atoms with van der Waals surface area (Å²) in [6.45, 7) is 1.40. The van der Waals surface area contributed by atoms with Crippen LogP contribution in [0.3, 0.4) is 0 Å². The van der Waals surface area contributed by atoms with Crippen LogP contribution in [0, 0.1) is 17.0 Å². The van der Waals surface area contributed by atoms with E-state index in [-0.39, 0.29) is 16.1 Å². The van der Waals surface area contributed by atoms with Crippen molar-refractivity contribution in [3.8, 4) is 0 Å². The van der Waals surface area contributed by atoms with E-state index in [0.717, 1.165) is 18.2 Å². The Morgan fingerprint density at radius 3 is 2.21 bits per heavy atom. The maximum absolute atomic E-state index is 11.9. The van der Waals surface area contributed by atoms with Crippen molar-refractivity contribution >= 4 is 25.5 Å². The standard InChI is InChI=1S/C9H12N2O6S2/c1-7-6-8(11(12)13)2-3-9(7)18(14,15)4-5-19(10,16)17/h2-3,6H,4-5H2,1H3,(H2,10,16,17). The second-order valence-electron chi connectivity index (χ2n) is 3.89. The predicted molar refractivity (Wildman–Crippen MR) is 67.9 cm³/mol. The highest BCUT2D eigenvalue weighted by molar-refractivity contribution is 7.94. The first kappa shape index (κ1) is 15.5. The lowest BCUT2D eigenvalue weighted by molar-refractivity contribution is -0.385. The van der Waals surface area contributed by atoms with Crippen LogP contribution in [0.1, 0.15) is 5.56 Å². The van der Waals surface area contributed by atoms with E-state index < -0.39 is 36.3 Å². The quantitative estimate of drug-likeness (QED) is 0.598. The van der Waals surface area contributed by atoms with Gasteiger partial charge in [0.1, 0.15) is 0 Å². The Bertz CT molecular complexity index is 708. The molecule has 8 nitrogen and oxygen atoms in total. The fourth-order valence-corrected chi connectivity index (χ4v) is 4.28. The SMILES string of the molecule is Cc1cc([N+](=O)[O-])ccc1S(=O)(=O)CCS(N)(=O)=O. The fourth-order valence-electron chi connectivity index (χ4n) is 1.43. The number of nitro groups is 1. The van der Waals surface area contributed by atoms with E-state index in [1.807, 2.05) is 0 Å². The number of rotatable bonds is 5. The summed E-state index contributed by atoms with van der Waals surface area (Å²) in [6.07, 6.45) is 0. The normalized spacial score (nSPS) is 12.3. The smallest absolute Gasteiger partial charge is 0.258 e. The molecule has 0 aliphatic rings. The predicted octanol–water partition coefficient (Wildman–Crippen LogP) is -0.0346. The first-order valence-electron chi connectivity index (χ1n) is 5.01. The Hall–Kier alpha value is -1.52. The Labute approximate surface area is 110 Å². The molecule has 0 unspecified atom stereocenters. The van der Waals surface area contributed by atoms with E-state index in [2.05, 4.69) is 0 Å². The highest BCUT2D eigenvalue weighted by atomic mass is 32.2. The van der Waals surface area contributed by atoms with Gasteiger partial charge in [0.2, 0.25) is 10.0 Å². The zero-order valence-electron chi connectivity index (χ0n) is 9.94. The van der Waals surface area contributed by atoms with Crippen LogP contribution >= 0.6 is 0 Å².